The van der Waals surface area contributed by atoms with Gasteiger partial charge in [0.25, 0.3) is 5.91 Å². The number of nitrogens with one attached hydrogen (secondary N) is 2. The fourth-order valence-corrected chi connectivity index (χ4v) is 4.36. The van der Waals surface area contributed by atoms with E-state index in [1.165, 1.54) is 5.56 Å². The lowest BCUT2D eigenvalue weighted by atomic mass is 9.98. The minimum Gasteiger partial charge on any atom is -0.481 e. The maximum absolute atomic E-state index is 13.1. The number of amides is 1. The van der Waals surface area contributed by atoms with Crippen LogP contribution in [0.3, 0.4) is 0 Å². The Morgan fingerprint density at radius 3 is 2.51 bits per heavy atom. The van der Waals surface area contributed by atoms with Gasteiger partial charge in [0.15, 0.2) is 0 Å². The summed E-state index contributed by atoms with van der Waals surface area (Å²) in [5.41, 5.74) is 6.15. The van der Waals surface area contributed by atoms with Crippen LogP contribution in [0, 0.1) is 0 Å². The van der Waals surface area contributed by atoms with Crippen molar-refractivity contribution in [3.63, 3.8) is 0 Å². The number of aryl methyl sites for hydroxylation is 1. The number of hydrogen-bond acceptors (Lipinski definition) is 4. The highest BCUT2D eigenvalue weighted by Crippen LogP contribution is 2.39. The Bertz CT molecular complexity index is 1280. The summed E-state index contributed by atoms with van der Waals surface area (Å²) in [5.74, 6) is -1.11. The van der Waals surface area contributed by atoms with Gasteiger partial charge in [-0.05, 0) is 74.4 Å². The second kappa shape index (κ2) is 10.8. The monoisotopic (exact) mass is 489 g/mol. The lowest BCUT2D eigenvalue weighted by Gasteiger charge is -2.16. The number of anilines is 2. The summed E-state index contributed by atoms with van der Waals surface area (Å²) in [5, 5.41) is 16.0. The molecule has 1 aliphatic rings. The standard InChI is InChI=1S/C28H28ClN3O3/c1-32(2)14-4-6-18-5-3-7-22(15-18)30-27(20-10-8-19(9-11-20)16-25(33)34)26-23-13-12-21(29)17-24(23)31-28(26)35/h3,5,7-13,15,17,30H,4,6,14,16H2,1-2H3,(H,31,35)(H,33,34). The Balaban J connectivity index is 1.73. The molecule has 3 aromatic rings. The number of benzene rings is 3. The molecule has 0 fully saturated rings. The van der Waals surface area contributed by atoms with E-state index in [2.05, 4.69) is 41.8 Å². The molecule has 180 valence electrons. The van der Waals surface area contributed by atoms with Crippen LogP contribution in [0.4, 0.5) is 11.4 Å². The van der Waals surface area contributed by atoms with Crippen LogP contribution in [0.5, 0.6) is 0 Å². The Morgan fingerprint density at radius 1 is 1.03 bits per heavy atom. The van der Waals surface area contributed by atoms with Crippen molar-refractivity contribution >= 4 is 46.1 Å². The number of halogens is 1. The zero-order chi connectivity index (χ0) is 24.9. The van der Waals surface area contributed by atoms with E-state index < -0.39 is 5.97 Å². The van der Waals surface area contributed by atoms with Crippen molar-refractivity contribution in [1.82, 2.24) is 4.90 Å². The second-order valence-electron chi connectivity index (χ2n) is 8.89. The molecule has 7 heteroatoms. The SMILES string of the molecule is CN(C)CCCc1cccc(NC(=C2C(=O)Nc3cc(Cl)ccc32)c2ccc(CC(=O)O)cc2)c1. The van der Waals surface area contributed by atoms with E-state index in [1.807, 2.05) is 30.3 Å². The molecule has 0 aliphatic carbocycles. The lowest BCUT2D eigenvalue weighted by molar-refractivity contribution is -0.136. The van der Waals surface area contributed by atoms with Gasteiger partial charge in [-0.1, -0.05) is 54.1 Å². The highest BCUT2D eigenvalue weighted by atomic mass is 35.5. The summed E-state index contributed by atoms with van der Waals surface area (Å²) in [7, 11) is 4.13. The molecule has 4 rings (SSSR count). The molecule has 1 heterocycles. The Kier molecular flexibility index (Phi) is 7.54. The minimum atomic E-state index is -0.887. The van der Waals surface area contributed by atoms with Gasteiger partial charge < -0.3 is 20.6 Å². The van der Waals surface area contributed by atoms with E-state index in [-0.39, 0.29) is 12.3 Å². The van der Waals surface area contributed by atoms with Gasteiger partial charge in [0.2, 0.25) is 0 Å². The zero-order valence-corrected chi connectivity index (χ0v) is 20.5. The van der Waals surface area contributed by atoms with Crippen LogP contribution < -0.4 is 10.6 Å². The molecule has 0 saturated carbocycles. The third-order valence-corrected chi connectivity index (χ3v) is 6.08. The van der Waals surface area contributed by atoms with Crippen LogP contribution in [0.1, 0.15) is 28.7 Å². The van der Waals surface area contributed by atoms with Crippen LogP contribution in [0.15, 0.2) is 66.7 Å². The molecule has 0 aromatic heterocycles. The number of hydrogen-bond donors (Lipinski definition) is 3. The van der Waals surface area contributed by atoms with E-state index in [4.69, 9.17) is 16.7 Å². The average Bonchev–Trinajstić information content (AvgIpc) is 3.12. The van der Waals surface area contributed by atoms with Gasteiger partial charge in [0, 0.05) is 16.3 Å². The molecule has 0 spiro atoms. The van der Waals surface area contributed by atoms with Gasteiger partial charge in [0.1, 0.15) is 0 Å². The maximum atomic E-state index is 13.1. The number of aliphatic carboxylic acids is 1. The number of rotatable bonds is 9. The van der Waals surface area contributed by atoms with E-state index in [1.54, 1.807) is 24.3 Å². The smallest absolute Gasteiger partial charge is 0.307 e. The molecule has 0 bridgehead atoms. The molecule has 35 heavy (non-hydrogen) atoms. The van der Waals surface area contributed by atoms with Gasteiger partial charge in [-0.2, -0.15) is 0 Å². The first-order chi connectivity index (χ1) is 16.8. The predicted octanol–water partition coefficient (Wildman–Crippen LogP) is 5.39. The maximum Gasteiger partial charge on any atom is 0.307 e. The topological polar surface area (TPSA) is 81.7 Å². The summed E-state index contributed by atoms with van der Waals surface area (Å²) in [4.78, 5) is 26.4. The number of carboxylic acid groups (broad SMARTS) is 1. The molecule has 0 radical (unpaired) electrons. The third kappa shape index (κ3) is 6.10. The molecule has 3 N–H and O–H groups in total. The summed E-state index contributed by atoms with van der Waals surface area (Å²) >= 11 is 6.15. The van der Waals surface area contributed by atoms with Crippen molar-refractivity contribution in [3.8, 4) is 0 Å². The molecule has 1 aliphatic heterocycles. The largest absolute Gasteiger partial charge is 0.481 e. The zero-order valence-electron chi connectivity index (χ0n) is 19.8. The first-order valence-electron chi connectivity index (χ1n) is 11.5. The highest BCUT2D eigenvalue weighted by Gasteiger charge is 2.28. The predicted molar refractivity (Wildman–Crippen MR) is 142 cm³/mol. The first-order valence-corrected chi connectivity index (χ1v) is 11.9. The van der Waals surface area contributed by atoms with Crippen molar-refractivity contribution in [2.75, 3.05) is 31.3 Å². The number of carboxylic acids is 1. The van der Waals surface area contributed by atoms with E-state index in [0.29, 0.717) is 27.5 Å². The molecular formula is C28H28ClN3O3. The second-order valence-corrected chi connectivity index (χ2v) is 9.33. The van der Waals surface area contributed by atoms with Crippen LogP contribution in [0.25, 0.3) is 11.3 Å². The molecule has 0 unspecified atom stereocenters. The molecule has 0 saturated heterocycles. The Morgan fingerprint density at radius 2 is 1.80 bits per heavy atom. The van der Waals surface area contributed by atoms with Crippen molar-refractivity contribution < 1.29 is 14.7 Å². The van der Waals surface area contributed by atoms with E-state index in [9.17, 15) is 9.59 Å². The number of carbonyl (C=O) groups excluding carboxylic acids is 1. The van der Waals surface area contributed by atoms with Gasteiger partial charge in [0.05, 0.1) is 23.4 Å². The molecule has 0 atom stereocenters. The summed E-state index contributed by atoms with van der Waals surface area (Å²) in [6, 6.07) is 20.8. The molecular weight excluding hydrogens is 462 g/mol. The number of fused-ring (bicyclic) bond motifs is 1. The Labute approximate surface area is 210 Å². The summed E-state index contributed by atoms with van der Waals surface area (Å²) in [6.45, 7) is 1.01. The normalized spacial score (nSPS) is 14.0. The fourth-order valence-electron chi connectivity index (χ4n) is 4.18. The Hall–Kier alpha value is -3.61. The van der Waals surface area contributed by atoms with E-state index >= 15 is 0 Å². The van der Waals surface area contributed by atoms with Gasteiger partial charge in [-0.25, -0.2) is 0 Å². The molecule has 3 aromatic carbocycles. The van der Waals surface area contributed by atoms with Crippen LogP contribution in [0.2, 0.25) is 5.02 Å². The van der Waals surface area contributed by atoms with Crippen LogP contribution in [-0.2, 0) is 22.4 Å². The minimum absolute atomic E-state index is 0.0591. The van der Waals surface area contributed by atoms with Crippen molar-refractivity contribution in [2.45, 2.75) is 19.3 Å². The quantitative estimate of drug-likeness (QED) is 0.351. The van der Waals surface area contributed by atoms with Crippen molar-refractivity contribution in [2.24, 2.45) is 0 Å². The van der Waals surface area contributed by atoms with Crippen LogP contribution in [-0.4, -0.2) is 42.5 Å². The fraction of sp³-hybridized carbons (Fsp3) is 0.214. The average molecular weight is 490 g/mol. The van der Waals surface area contributed by atoms with Crippen molar-refractivity contribution in [3.05, 3.63) is 94.0 Å². The summed E-state index contributed by atoms with van der Waals surface area (Å²) in [6.07, 6.45) is 1.94. The first kappa shape index (κ1) is 24.5. The number of nitrogens with zero attached hydrogens (tertiary/aromatic N) is 1. The highest BCUT2D eigenvalue weighted by molar-refractivity contribution is 6.38. The van der Waals surface area contributed by atoms with Gasteiger partial charge >= 0.3 is 5.97 Å². The summed E-state index contributed by atoms with van der Waals surface area (Å²) < 4.78 is 0. The van der Waals surface area contributed by atoms with Crippen LogP contribution >= 0.6 is 11.6 Å². The molecule has 6 nitrogen and oxygen atoms in total. The molecule has 1 amide bonds. The van der Waals surface area contributed by atoms with Crippen molar-refractivity contribution in [1.29, 1.82) is 0 Å². The van der Waals surface area contributed by atoms with Gasteiger partial charge in [-0.3, -0.25) is 9.59 Å². The van der Waals surface area contributed by atoms with E-state index in [0.717, 1.165) is 36.2 Å². The van der Waals surface area contributed by atoms with Gasteiger partial charge in [-0.15, -0.1) is 0 Å². The lowest BCUT2D eigenvalue weighted by Crippen LogP contribution is -2.13. The third-order valence-electron chi connectivity index (χ3n) is 5.84. The number of carbonyl (C=O) groups is 2.